The van der Waals surface area contributed by atoms with Crippen molar-refractivity contribution in [3.05, 3.63) is 59.5 Å². The summed E-state index contributed by atoms with van der Waals surface area (Å²) in [5, 5.41) is 6.86. The van der Waals surface area contributed by atoms with Gasteiger partial charge >= 0.3 is 0 Å². The monoisotopic (exact) mass is 384 g/mol. The van der Waals surface area contributed by atoms with Gasteiger partial charge < -0.3 is 19.8 Å². The molecule has 152 valence electrons. The number of nitrogens with zero attached hydrogens (tertiary/aromatic N) is 2. The van der Waals surface area contributed by atoms with Crippen molar-refractivity contribution in [3.63, 3.8) is 0 Å². The molecular formula is C22H32N4O2. The van der Waals surface area contributed by atoms with Crippen molar-refractivity contribution in [3.8, 4) is 0 Å². The minimum Gasteiger partial charge on any atom is -0.468 e. The molecule has 1 atom stereocenters. The molecule has 6 nitrogen and oxygen atoms in total. The summed E-state index contributed by atoms with van der Waals surface area (Å²) in [5.74, 6) is 1.81. The summed E-state index contributed by atoms with van der Waals surface area (Å²) in [6, 6.07) is 12.7. The third kappa shape index (κ3) is 5.84. The first-order valence-electron chi connectivity index (χ1n) is 10.2. The predicted octanol–water partition coefficient (Wildman–Crippen LogP) is 3.32. The molecule has 2 N–H and O–H groups in total. The normalized spacial score (nSPS) is 16.3. The van der Waals surface area contributed by atoms with Crippen LogP contribution in [0.5, 0.6) is 0 Å². The molecule has 1 unspecified atom stereocenters. The lowest BCUT2D eigenvalue weighted by Gasteiger charge is -2.26. The van der Waals surface area contributed by atoms with Crippen LogP contribution in [0.3, 0.4) is 0 Å². The van der Waals surface area contributed by atoms with Crippen LogP contribution in [0.2, 0.25) is 0 Å². The molecule has 0 bridgehead atoms. The molecule has 0 spiro atoms. The van der Waals surface area contributed by atoms with E-state index in [4.69, 9.17) is 9.15 Å². The zero-order valence-corrected chi connectivity index (χ0v) is 17.0. The molecule has 0 radical (unpaired) electrons. The summed E-state index contributed by atoms with van der Waals surface area (Å²) < 4.78 is 11.1. The van der Waals surface area contributed by atoms with E-state index >= 15 is 0 Å². The summed E-state index contributed by atoms with van der Waals surface area (Å²) in [6.07, 6.45) is 4.26. The Hall–Kier alpha value is -2.31. The van der Waals surface area contributed by atoms with Crippen molar-refractivity contribution in [1.82, 2.24) is 15.5 Å². The first-order valence-corrected chi connectivity index (χ1v) is 10.2. The van der Waals surface area contributed by atoms with Gasteiger partial charge in [-0.15, -0.1) is 0 Å². The van der Waals surface area contributed by atoms with E-state index in [9.17, 15) is 0 Å². The topological polar surface area (TPSA) is 62.0 Å². The molecule has 28 heavy (non-hydrogen) atoms. The molecule has 2 heterocycles. The SMILES string of the molecule is CCOCc1ccc(CNC(=NC)NCC(c2ccco2)N2CCCC2)cc1. The van der Waals surface area contributed by atoms with Gasteiger partial charge in [-0.1, -0.05) is 24.3 Å². The second-order valence-corrected chi connectivity index (χ2v) is 7.03. The van der Waals surface area contributed by atoms with Crippen LogP contribution >= 0.6 is 0 Å². The highest BCUT2D eigenvalue weighted by molar-refractivity contribution is 5.79. The van der Waals surface area contributed by atoms with Crippen LogP contribution in [-0.4, -0.2) is 44.1 Å². The Bertz CT molecular complexity index is 707. The van der Waals surface area contributed by atoms with Crippen LogP contribution in [0, 0.1) is 0 Å². The van der Waals surface area contributed by atoms with E-state index in [1.54, 1.807) is 13.3 Å². The lowest BCUT2D eigenvalue weighted by molar-refractivity contribution is 0.134. The lowest BCUT2D eigenvalue weighted by Crippen LogP contribution is -2.42. The number of aliphatic imine (C=N–C) groups is 1. The summed E-state index contributed by atoms with van der Waals surface area (Å²) in [4.78, 5) is 6.85. The van der Waals surface area contributed by atoms with Crippen molar-refractivity contribution in [2.75, 3.05) is 33.3 Å². The van der Waals surface area contributed by atoms with Crippen molar-refractivity contribution in [2.24, 2.45) is 4.99 Å². The standard InChI is InChI=1S/C22H32N4O2/c1-3-27-17-19-10-8-18(9-11-19)15-24-22(23-2)25-16-20(21-7-6-14-28-21)26-12-4-5-13-26/h6-11,14,20H,3-5,12-13,15-17H2,1-2H3,(H2,23,24,25). The molecule has 1 saturated heterocycles. The number of likely N-dealkylation sites (tertiary alicyclic amines) is 1. The van der Waals surface area contributed by atoms with E-state index in [1.165, 1.54) is 24.0 Å². The van der Waals surface area contributed by atoms with Gasteiger partial charge in [-0.25, -0.2) is 0 Å². The van der Waals surface area contributed by atoms with Crippen molar-refractivity contribution < 1.29 is 9.15 Å². The number of guanidine groups is 1. The lowest BCUT2D eigenvalue weighted by atomic mass is 10.1. The quantitative estimate of drug-likeness (QED) is 0.513. The highest BCUT2D eigenvalue weighted by Crippen LogP contribution is 2.24. The third-order valence-corrected chi connectivity index (χ3v) is 5.10. The van der Waals surface area contributed by atoms with E-state index in [0.29, 0.717) is 6.61 Å². The van der Waals surface area contributed by atoms with Gasteiger partial charge in [0.25, 0.3) is 0 Å². The van der Waals surface area contributed by atoms with Gasteiger partial charge in [-0.3, -0.25) is 9.89 Å². The van der Waals surface area contributed by atoms with Gasteiger partial charge in [-0.05, 0) is 56.1 Å². The number of hydrogen-bond acceptors (Lipinski definition) is 4. The second kappa shape index (κ2) is 10.9. The number of hydrogen-bond donors (Lipinski definition) is 2. The Balaban J connectivity index is 1.50. The van der Waals surface area contributed by atoms with Crippen LogP contribution in [0.15, 0.2) is 52.1 Å². The molecule has 3 rings (SSSR count). The number of nitrogens with one attached hydrogen (secondary N) is 2. The largest absolute Gasteiger partial charge is 0.468 e. The van der Waals surface area contributed by atoms with E-state index in [2.05, 4.69) is 50.9 Å². The maximum Gasteiger partial charge on any atom is 0.191 e. The summed E-state index contributed by atoms with van der Waals surface area (Å²) in [6.45, 7) is 7.14. The van der Waals surface area contributed by atoms with Gasteiger partial charge in [0.15, 0.2) is 5.96 Å². The Kier molecular flexibility index (Phi) is 7.94. The minimum atomic E-state index is 0.230. The Morgan fingerprint density at radius 1 is 1.14 bits per heavy atom. The minimum absolute atomic E-state index is 0.230. The van der Waals surface area contributed by atoms with E-state index in [1.807, 2.05) is 13.0 Å². The van der Waals surface area contributed by atoms with Crippen LogP contribution in [0.4, 0.5) is 0 Å². The average Bonchev–Trinajstić information content (AvgIpc) is 3.44. The highest BCUT2D eigenvalue weighted by Gasteiger charge is 2.25. The molecule has 1 aromatic heterocycles. The average molecular weight is 385 g/mol. The number of rotatable bonds is 9. The number of ether oxygens (including phenoxy) is 1. The van der Waals surface area contributed by atoms with Crippen LogP contribution in [0.1, 0.15) is 42.7 Å². The molecule has 0 amide bonds. The van der Waals surface area contributed by atoms with Gasteiger partial charge in [0, 0.05) is 26.7 Å². The van der Waals surface area contributed by atoms with Crippen LogP contribution in [0.25, 0.3) is 0 Å². The first kappa shape index (κ1) is 20.4. The number of benzene rings is 1. The Morgan fingerprint density at radius 2 is 1.89 bits per heavy atom. The van der Waals surface area contributed by atoms with Crippen molar-refractivity contribution in [1.29, 1.82) is 0 Å². The summed E-state index contributed by atoms with van der Waals surface area (Å²) >= 11 is 0. The molecule has 6 heteroatoms. The Labute approximate surface area is 168 Å². The molecule has 1 aliphatic rings. The molecule has 1 aliphatic heterocycles. The molecule has 1 aromatic carbocycles. The Morgan fingerprint density at radius 3 is 2.54 bits per heavy atom. The smallest absolute Gasteiger partial charge is 0.191 e. The molecule has 0 aliphatic carbocycles. The first-order chi connectivity index (χ1) is 13.8. The van der Waals surface area contributed by atoms with E-state index in [0.717, 1.165) is 44.5 Å². The van der Waals surface area contributed by atoms with Gasteiger partial charge in [0.2, 0.25) is 0 Å². The maximum absolute atomic E-state index is 5.69. The van der Waals surface area contributed by atoms with Gasteiger partial charge in [0.1, 0.15) is 5.76 Å². The molecule has 0 saturated carbocycles. The molecule has 2 aromatic rings. The van der Waals surface area contributed by atoms with Gasteiger partial charge in [0.05, 0.1) is 18.9 Å². The van der Waals surface area contributed by atoms with Gasteiger partial charge in [-0.2, -0.15) is 0 Å². The molecule has 1 fully saturated rings. The summed E-state index contributed by atoms with van der Waals surface area (Å²) in [7, 11) is 1.80. The van der Waals surface area contributed by atoms with E-state index < -0.39 is 0 Å². The summed E-state index contributed by atoms with van der Waals surface area (Å²) in [5.41, 5.74) is 2.41. The second-order valence-electron chi connectivity index (χ2n) is 7.03. The fraction of sp³-hybridized carbons (Fsp3) is 0.500. The zero-order valence-electron chi connectivity index (χ0n) is 17.0. The van der Waals surface area contributed by atoms with Crippen LogP contribution in [-0.2, 0) is 17.9 Å². The van der Waals surface area contributed by atoms with Crippen LogP contribution < -0.4 is 10.6 Å². The van der Waals surface area contributed by atoms with Crippen molar-refractivity contribution >= 4 is 5.96 Å². The molecular weight excluding hydrogens is 352 g/mol. The third-order valence-electron chi connectivity index (χ3n) is 5.10. The highest BCUT2D eigenvalue weighted by atomic mass is 16.5. The predicted molar refractivity (Wildman–Crippen MR) is 112 cm³/mol. The fourth-order valence-electron chi connectivity index (χ4n) is 3.52. The fourth-order valence-corrected chi connectivity index (χ4v) is 3.52. The zero-order chi connectivity index (χ0) is 19.6. The van der Waals surface area contributed by atoms with Crippen molar-refractivity contribution in [2.45, 2.75) is 39.0 Å². The van der Waals surface area contributed by atoms with E-state index in [-0.39, 0.29) is 6.04 Å². The number of furan rings is 1. The maximum atomic E-state index is 5.69.